The molecule has 1 heteroatoms. The number of benzene rings is 1. The topological polar surface area (TPSA) is 9.23 Å². The van der Waals surface area contributed by atoms with Gasteiger partial charge in [-0.05, 0) is 30.5 Å². The first-order valence-electron chi connectivity index (χ1n) is 5.02. The van der Waals surface area contributed by atoms with Gasteiger partial charge >= 0.3 is 0 Å². The largest absolute Gasteiger partial charge is 0.496 e. The van der Waals surface area contributed by atoms with Crippen molar-refractivity contribution in [2.45, 2.75) is 26.7 Å². The highest BCUT2D eigenvalue weighted by Gasteiger charge is 2.08. The van der Waals surface area contributed by atoms with Crippen LogP contribution in [-0.2, 0) is 0 Å². The van der Waals surface area contributed by atoms with Crippen LogP contribution in [0.3, 0.4) is 0 Å². The SMILES string of the molecule is C=C(CCC)c1c(C)cccc1OC. The summed E-state index contributed by atoms with van der Waals surface area (Å²) in [6.07, 6.45) is 2.15. The van der Waals surface area contributed by atoms with Crippen molar-refractivity contribution in [1.29, 1.82) is 0 Å². The van der Waals surface area contributed by atoms with Crippen LogP contribution in [0, 0.1) is 6.92 Å². The van der Waals surface area contributed by atoms with Crippen LogP contribution < -0.4 is 4.74 Å². The maximum absolute atomic E-state index is 5.33. The van der Waals surface area contributed by atoms with Crippen molar-refractivity contribution >= 4 is 5.57 Å². The molecule has 0 spiro atoms. The number of aryl methyl sites for hydroxylation is 1. The van der Waals surface area contributed by atoms with Crippen LogP contribution in [0.5, 0.6) is 5.75 Å². The average molecular weight is 190 g/mol. The first kappa shape index (κ1) is 10.8. The highest BCUT2D eigenvalue weighted by atomic mass is 16.5. The summed E-state index contributed by atoms with van der Waals surface area (Å²) in [4.78, 5) is 0. The molecule has 0 saturated carbocycles. The third-order valence-corrected chi connectivity index (χ3v) is 2.36. The van der Waals surface area contributed by atoms with Gasteiger partial charge in [-0.25, -0.2) is 0 Å². The number of allylic oxidation sites excluding steroid dienone is 1. The van der Waals surface area contributed by atoms with Crippen LogP contribution in [-0.4, -0.2) is 7.11 Å². The maximum atomic E-state index is 5.33. The van der Waals surface area contributed by atoms with Gasteiger partial charge in [0.15, 0.2) is 0 Å². The fourth-order valence-electron chi connectivity index (χ4n) is 1.69. The molecule has 0 unspecified atom stereocenters. The van der Waals surface area contributed by atoms with Crippen LogP contribution in [0.2, 0.25) is 0 Å². The van der Waals surface area contributed by atoms with Gasteiger partial charge in [0.25, 0.3) is 0 Å². The highest BCUT2D eigenvalue weighted by molar-refractivity contribution is 5.71. The zero-order chi connectivity index (χ0) is 10.6. The van der Waals surface area contributed by atoms with E-state index in [1.54, 1.807) is 7.11 Å². The van der Waals surface area contributed by atoms with E-state index in [4.69, 9.17) is 4.74 Å². The maximum Gasteiger partial charge on any atom is 0.126 e. The van der Waals surface area contributed by atoms with Crippen molar-refractivity contribution in [3.63, 3.8) is 0 Å². The van der Waals surface area contributed by atoms with Gasteiger partial charge in [-0.2, -0.15) is 0 Å². The molecule has 76 valence electrons. The molecular formula is C13H18O. The molecule has 1 rings (SSSR count). The normalized spacial score (nSPS) is 9.93. The van der Waals surface area contributed by atoms with Gasteiger partial charge in [-0.1, -0.05) is 32.1 Å². The monoisotopic (exact) mass is 190 g/mol. The van der Waals surface area contributed by atoms with E-state index in [0.29, 0.717) is 0 Å². The Bertz CT molecular complexity index is 326. The quantitative estimate of drug-likeness (QED) is 0.701. The first-order valence-corrected chi connectivity index (χ1v) is 5.02. The molecule has 1 aromatic carbocycles. The predicted molar refractivity (Wildman–Crippen MR) is 61.7 cm³/mol. The van der Waals surface area contributed by atoms with Crippen molar-refractivity contribution in [3.8, 4) is 5.75 Å². The zero-order valence-electron chi connectivity index (χ0n) is 9.26. The fraction of sp³-hybridized carbons (Fsp3) is 0.385. The molecule has 1 aromatic rings. The number of ether oxygens (including phenoxy) is 1. The molecule has 0 aliphatic carbocycles. The molecule has 0 fully saturated rings. The summed E-state index contributed by atoms with van der Waals surface area (Å²) in [5, 5.41) is 0. The Hall–Kier alpha value is -1.24. The van der Waals surface area contributed by atoms with E-state index in [-0.39, 0.29) is 0 Å². The Morgan fingerprint density at radius 2 is 2.14 bits per heavy atom. The molecule has 0 aliphatic rings. The summed E-state index contributed by atoms with van der Waals surface area (Å²) in [6, 6.07) is 6.10. The van der Waals surface area contributed by atoms with Crippen molar-refractivity contribution in [2.75, 3.05) is 7.11 Å². The van der Waals surface area contributed by atoms with Crippen LogP contribution in [0.1, 0.15) is 30.9 Å². The van der Waals surface area contributed by atoms with E-state index in [2.05, 4.69) is 26.5 Å². The van der Waals surface area contributed by atoms with Crippen molar-refractivity contribution in [3.05, 3.63) is 35.9 Å². The summed E-state index contributed by atoms with van der Waals surface area (Å²) >= 11 is 0. The summed E-state index contributed by atoms with van der Waals surface area (Å²) < 4.78 is 5.33. The molecular weight excluding hydrogens is 172 g/mol. The molecule has 0 N–H and O–H groups in total. The number of methoxy groups -OCH3 is 1. The van der Waals surface area contributed by atoms with E-state index in [9.17, 15) is 0 Å². The summed E-state index contributed by atoms with van der Waals surface area (Å²) in [5.41, 5.74) is 3.59. The van der Waals surface area contributed by atoms with Crippen LogP contribution in [0.4, 0.5) is 0 Å². The Labute approximate surface area is 86.4 Å². The predicted octanol–water partition coefficient (Wildman–Crippen LogP) is 3.82. The standard InChI is InChI=1S/C13H18O/c1-5-7-10(2)13-11(3)8-6-9-12(13)14-4/h6,8-9H,2,5,7H2,1,3-4H3. The van der Waals surface area contributed by atoms with Crippen molar-refractivity contribution < 1.29 is 4.74 Å². The molecule has 0 bridgehead atoms. The van der Waals surface area contributed by atoms with Crippen LogP contribution in [0.25, 0.3) is 5.57 Å². The van der Waals surface area contributed by atoms with Crippen molar-refractivity contribution in [1.82, 2.24) is 0 Å². The third-order valence-electron chi connectivity index (χ3n) is 2.36. The van der Waals surface area contributed by atoms with Gasteiger partial charge in [0.2, 0.25) is 0 Å². The fourth-order valence-corrected chi connectivity index (χ4v) is 1.69. The second kappa shape index (κ2) is 4.85. The second-order valence-electron chi connectivity index (χ2n) is 3.51. The first-order chi connectivity index (χ1) is 6.70. The van der Waals surface area contributed by atoms with Gasteiger partial charge in [-0.3, -0.25) is 0 Å². The minimum absolute atomic E-state index is 0.934. The van der Waals surface area contributed by atoms with Crippen molar-refractivity contribution in [2.24, 2.45) is 0 Å². The number of hydrogen-bond acceptors (Lipinski definition) is 1. The van der Waals surface area contributed by atoms with E-state index in [0.717, 1.165) is 18.6 Å². The minimum atomic E-state index is 0.934. The van der Waals surface area contributed by atoms with E-state index < -0.39 is 0 Å². The lowest BCUT2D eigenvalue weighted by atomic mass is 9.97. The van der Waals surface area contributed by atoms with Crippen LogP contribution >= 0.6 is 0 Å². The number of rotatable bonds is 4. The second-order valence-corrected chi connectivity index (χ2v) is 3.51. The van der Waals surface area contributed by atoms with E-state index in [1.807, 2.05) is 12.1 Å². The molecule has 0 heterocycles. The lowest BCUT2D eigenvalue weighted by molar-refractivity contribution is 0.413. The molecule has 0 amide bonds. The Morgan fingerprint density at radius 3 is 2.71 bits per heavy atom. The number of hydrogen-bond donors (Lipinski definition) is 0. The average Bonchev–Trinajstić information content (AvgIpc) is 2.17. The van der Waals surface area contributed by atoms with Crippen LogP contribution in [0.15, 0.2) is 24.8 Å². The van der Waals surface area contributed by atoms with Gasteiger partial charge in [0.1, 0.15) is 5.75 Å². The molecule has 0 saturated heterocycles. The Morgan fingerprint density at radius 1 is 1.43 bits per heavy atom. The summed E-state index contributed by atoms with van der Waals surface area (Å²) in [7, 11) is 1.71. The molecule has 14 heavy (non-hydrogen) atoms. The summed E-state index contributed by atoms with van der Waals surface area (Å²) in [5.74, 6) is 0.934. The van der Waals surface area contributed by atoms with Gasteiger partial charge in [0.05, 0.1) is 7.11 Å². The lowest BCUT2D eigenvalue weighted by Crippen LogP contribution is -1.94. The van der Waals surface area contributed by atoms with E-state index >= 15 is 0 Å². The smallest absolute Gasteiger partial charge is 0.126 e. The Balaban J connectivity index is 3.10. The molecule has 1 nitrogen and oxygen atoms in total. The zero-order valence-corrected chi connectivity index (χ0v) is 9.26. The Kier molecular flexibility index (Phi) is 3.75. The van der Waals surface area contributed by atoms with Gasteiger partial charge in [0, 0.05) is 5.56 Å². The highest BCUT2D eigenvalue weighted by Crippen LogP contribution is 2.30. The van der Waals surface area contributed by atoms with Gasteiger partial charge in [-0.15, -0.1) is 0 Å². The summed E-state index contributed by atoms with van der Waals surface area (Å²) in [6.45, 7) is 8.36. The molecule has 0 atom stereocenters. The minimum Gasteiger partial charge on any atom is -0.496 e. The molecule has 0 aromatic heterocycles. The van der Waals surface area contributed by atoms with E-state index in [1.165, 1.54) is 16.7 Å². The molecule has 0 radical (unpaired) electrons. The molecule has 0 aliphatic heterocycles. The third kappa shape index (κ3) is 2.16. The van der Waals surface area contributed by atoms with Gasteiger partial charge < -0.3 is 4.74 Å². The lowest BCUT2D eigenvalue weighted by Gasteiger charge is -2.13.